The smallest absolute Gasteiger partial charge is 0.269 e. The molecule has 0 N–H and O–H groups in total. The van der Waals surface area contributed by atoms with Crippen molar-refractivity contribution in [3.05, 3.63) is 39.9 Å². The zero-order chi connectivity index (χ0) is 16.1. The second kappa shape index (κ2) is 6.88. The molecule has 0 fully saturated rings. The van der Waals surface area contributed by atoms with Gasteiger partial charge in [0.15, 0.2) is 8.32 Å². The minimum atomic E-state index is -1.70. The van der Waals surface area contributed by atoms with Crippen molar-refractivity contribution in [2.75, 3.05) is 6.61 Å². The van der Waals surface area contributed by atoms with Gasteiger partial charge in [0, 0.05) is 30.7 Å². The van der Waals surface area contributed by atoms with E-state index in [1.807, 2.05) is 0 Å². The van der Waals surface area contributed by atoms with E-state index in [9.17, 15) is 10.1 Å². The first-order valence-electron chi connectivity index (χ1n) is 7.01. The Hall–Kier alpha value is -1.64. The van der Waals surface area contributed by atoms with Crippen LogP contribution in [0.15, 0.2) is 24.3 Å². The fraction of sp³-hybridized carbons (Fsp3) is 0.500. The lowest BCUT2D eigenvalue weighted by molar-refractivity contribution is -0.384. The van der Waals surface area contributed by atoms with E-state index in [2.05, 4.69) is 45.7 Å². The van der Waals surface area contributed by atoms with E-state index in [0.29, 0.717) is 13.0 Å². The first-order chi connectivity index (χ1) is 9.63. The summed E-state index contributed by atoms with van der Waals surface area (Å²) in [7, 11) is -1.70. The lowest BCUT2D eigenvalue weighted by atomic mass is 10.2. The third kappa shape index (κ3) is 5.33. The summed E-state index contributed by atoms with van der Waals surface area (Å²) in [6.45, 7) is 11.7. The predicted molar refractivity (Wildman–Crippen MR) is 87.7 cm³/mol. The van der Waals surface area contributed by atoms with Crippen molar-refractivity contribution in [1.29, 1.82) is 0 Å². The Morgan fingerprint density at radius 2 is 1.81 bits per heavy atom. The van der Waals surface area contributed by atoms with E-state index in [0.717, 1.165) is 5.56 Å². The second-order valence-electron chi connectivity index (χ2n) is 6.46. The zero-order valence-corrected chi connectivity index (χ0v) is 14.4. The normalized spacial score (nSPS) is 11.7. The minimum Gasteiger partial charge on any atom is -0.416 e. The Bertz CT molecular complexity index is 548. The number of benzene rings is 1. The summed E-state index contributed by atoms with van der Waals surface area (Å²) >= 11 is 0. The van der Waals surface area contributed by atoms with Gasteiger partial charge >= 0.3 is 0 Å². The van der Waals surface area contributed by atoms with Crippen LogP contribution in [0.2, 0.25) is 18.1 Å². The fourth-order valence-electron chi connectivity index (χ4n) is 1.40. The van der Waals surface area contributed by atoms with Crippen molar-refractivity contribution in [3.8, 4) is 11.8 Å². The highest BCUT2D eigenvalue weighted by Crippen LogP contribution is 2.36. The molecule has 21 heavy (non-hydrogen) atoms. The summed E-state index contributed by atoms with van der Waals surface area (Å²) in [4.78, 5) is 10.1. The highest BCUT2D eigenvalue weighted by molar-refractivity contribution is 6.74. The number of nitrogens with zero attached hydrogens (tertiary/aromatic N) is 1. The number of hydrogen-bond acceptors (Lipinski definition) is 3. The average Bonchev–Trinajstić information content (AvgIpc) is 2.37. The number of nitro groups is 1. The molecule has 0 saturated carbocycles. The van der Waals surface area contributed by atoms with Crippen LogP contribution < -0.4 is 0 Å². The van der Waals surface area contributed by atoms with Crippen molar-refractivity contribution in [2.45, 2.75) is 45.3 Å². The molecule has 0 radical (unpaired) electrons. The van der Waals surface area contributed by atoms with E-state index in [1.165, 1.54) is 12.1 Å². The summed E-state index contributed by atoms with van der Waals surface area (Å²) in [5.41, 5.74) is 0.870. The second-order valence-corrected chi connectivity index (χ2v) is 11.3. The fourth-order valence-corrected chi connectivity index (χ4v) is 2.45. The maximum absolute atomic E-state index is 10.5. The van der Waals surface area contributed by atoms with Crippen LogP contribution in [0.1, 0.15) is 32.8 Å². The van der Waals surface area contributed by atoms with Gasteiger partial charge in [-0.2, -0.15) is 0 Å². The van der Waals surface area contributed by atoms with Crippen LogP contribution in [0.25, 0.3) is 0 Å². The number of nitro benzene ring substituents is 1. The Morgan fingerprint density at radius 3 is 2.29 bits per heavy atom. The van der Waals surface area contributed by atoms with Gasteiger partial charge in [-0.3, -0.25) is 10.1 Å². The van der Waals surface area contributed by atoms with Gasteiger partial charge < -0.3 is 4.43 Å². The van der Waals surface area contributed by atoms with Crippen LogP contribution in [-0.4, -0.2) is 19.8 Å². The SMILES string of the molecule is CC(C)(C)[Si](C)(C)OCCC#Cc1ccc([N+](=O)[O-])cc1. The molecule has 0 unspecified atom stereocenters. The zero-order valence-electron chi connectivity index (χ0n) is 13.4. The van der Waals surface area contributed by atoms with Gasteiger partial charge in [0.25, 0.3) is 5.69 Å². The number of hydrogen-bond donors (Lipinski definition) is 0. The maximum atomic E-state index is 10.5. The summed E-state index contributed by atoms with van der Waals surface area (Å²) in [5.74, 6) is 6.05. The van der Waals surface area contributed by atoms with E-state index in [-0.39, 0.29) is 10.7 Å². The number of non-ortho nitro benzene ring substituents is 1. The van der Waals surface area contributed by atoms with Crippen LogP contribution in [0.3, 0.4) is 0 Å². The quantitative estimate of drug-likeness (QED) is 0.273. The Kier molecular flexibility index (Phi) is 5.70. The summed E-state index contributed by atoms with van der Waals surface area (Å²) in [6, 6.07) is 6.27. The Balaban J connectivity index is 2.49. The molecule has 0 aliphatic heterocycles. The van der Waals surface area contributed by atoms with E-state index in [1.54, 1.807) is 12.1 Å². The minimum absolute atomic E-state index is 0.0850. The van der Waals surface area contributed by atoms with Crippen molar-refractivity contribution >= 4 is 14.0 Å². The van der Waals surface area contributed by atoms with E-state index >= 15 is 0 Å². The van der Waals surface area contributed by atoms with Gasteiger partial charge in [0.1, 0.15) is 0 Å². The molecule has 1 aromatic carbocycles. The molecule has 0 bridgehead atoms. The molecule has 0 aromatic heterocycles. The van der Waals surface area contributed by atoms with E-state index in [4.69, 9.17) is 4.43 Å². The predicted octanol–water partition coefficient (Wildman–Crippen LogP) is 4.36. The van der Waals surface area contributed by atoms with Gasteiger partial charge in [-0.05, 0) is 30.3 Å². The Labute approximate surface area is 127 Å². The first-order valence-corrected chi connectivity index (χ1v) is 9.91. The standard InChI is InChI=1S/C16H23NO3Si/c1-16(2,3)21(4,5)20-13-7-6-8-14-9-11-15(12-10-14)17(18)19/h9-12H,7,13H2,1-5H3. The Morgan fingerprint density at radius 1 is 1.24 bits per heavy atom. The molecule has 0 saturated heterocycles. The van der Waals surface area contributed by atoms with E-state index < -0.39 is 13.2 Å². The molecule has 114 valence electrons. The lowest BCUT2D eigenvalue weighted by Gasteiger charge is -2.35. The molecule has 5 heteroatoms. The monoisotopic (exact) mass is 305 g/mol. The van der Waals surface area contributed by atoms with Gasteiger partial charge in [-0.25, -0.2) is 0 Å². The van der Waals surface area contributed by atoms with Crippen LogP contribution in [0.5, 0.6) is 0 Å². The number of rotatable bonds is 4. The largest absolute Gasteiger partial charge is 0.416 e. The maximum Gasteiger partial charge on any atom is 0.269 e. The molecule has 0 spiro atoms. The van der Waals surface area contributed by atoms with Crippen LogP contribution in [0.4, 0.5) is 5.69 Å². The molecular weight excluding hydrogens is 282 g/mol. The van der Waals surface area contributed by atoms with Gasteiger partial charge in [-0.15, -0.1) is 0 Å². The third-order valence-corrected chi connectivity index (χ3v) is 8.35. The molecule has 0 heterocycles. The van der Waals surface area contributed by atoms with Gasteiger partial charge in [0.2, 0.25) is 0 Å². The molecule has 4 nitrogen and oxygen atoms in total. The van der Waals surface area contributed by atoms with Crippen molar-refractivity contribution in [2.24, 2.45) is 0 Å². The average molecular weight is 305 g/mol. The van der Waals surface area contributed by atoms with Crippen molar-refractivity contribution < 1.29 is 9.35 Å². The van der Waals surface area contributed by atoms with Crippen molar-refractivity contribution in [3.63, 3.8) is 0 Å². The first kappa shape index (κ1) is 17.4. The van der Waals surface area contributed by atoms with Crippen LogP contribution in [0, 0.1) is 22.0 Å². The summed E-state index contributed by atoms with van der Waals surface area (Å²) in [5, 5.41) is 10.8. The molecular formula is C16H23NO3Si. The highest BCUT2D eigenvalue weighted by Gasteiger charge is 2.36. The van der Waals surface area contributed by atoms with Gasteiger partial charge in [-0.1, -0.05) is 32.6 Å². The molecule has 1 rings (SSSR count). The highest BCUT2D eigenvalue weighted by atomic mass is 28.4. The lowest BCUT2D eigenvalue weighted by Crippen LogP contribution is -2.40. The van der Waals surface area contributed by atoms with Crippen molar-refractivity contribution in [1.82, 2.24) is 0 Å². The molecule has 1 aromatic rings. The van der Waals surface area contributed by atoms with Crippen LogP contribution >= 0.6 is 0 Å². The molecule has 0 atom stereocenters. The molecule has 0 aliphatic carbocycles. The third-order valence-electron chi connectivity index (χ3n) is 3.81. The summed E-state index contributed by atoms with van der Waals surface area (Å²) in [6.07, 6.45) is 0.670. The topological polar surface area (TPSA) is 52.4 Å². The summed E-state index contributed by atoms with van der Waals surface area (Å²) < 4.78 is 6.03. The molecule has 0 amide bonds. The molecule has 0 aliphatic rings. The van der Waals surface area contributed by atoms with Crippen LogP contribution in [-0.2, 0) is 4.43 Å². The van der Waals surface area contributed by atoms with Gasteiger partial charge in [0.05, 0.1) is 4.92 Å².